The number of carboxylic acids is 1. The smallest absolute Gasteiger partial charge is 0.313 e. The van der Waals surface area contributed by atoms with Crippen molar-refractivity contribution in [2.24, 2.45) is 0 Å². The summed E-state index contributed by atoms with van der Waals surface area (Å²) in [5.74, 6) is -0.507. The van der Waals surface area contributed by atoms with E-state index in [1.165, 1.54) is 29.5 Å². The average Bonchev–Trinajstić information content (AvgIpc) is 2.03. The Hall–Kier alpha value is -0.440. The number of aliphatic carboxylic acids is 1. The molecule has 1 aliphatic rings. The molecule has 0 aromatic rings. The lowest BCUT2D eigenvalue weighted by molar-refractivity contribution is -0.133. The Kier molecular flexibility index (Phi) is 3.49. The molecule has 3 heteroatoms. The SMILES string of the molecule is O=C(O)CSC1=CCCCC1. The maximum atomic E-state index is 10.2. The Bertz CT molecular complexity index is 175. The van der Waals surface area contributed by atoms with Gasteiger partial charge in [-0.1, -0.05) is 6.08 Å². The zero-order valence-corrected chi connectivity index (χ0v) is 7.19. The highest BCUT2D eigenvalue weighted by molar-refractivity contribution is 8.03. The zero-order chi connectivity index (χ0) is 8.10. The number of hydrogen-bond donors (Lipinski definition) is 1. The lowest BCUT2D eigenvalue weighted by atomic mass is 10.1. The van der Waals surface area contributed by atoms with Gasteiger partial charge in [0.25, 0.3) is 0 Å². The maximum absolute atomic E-state index is 10.2. The van der Waals surface area contributed by atoms with E-state index in [9.17, 15) is 4.79 Å². The monoisotopic (exact) mass is 172 g/mol. The fourth-order valence-corrected chi connectivity index (χ4v) is 1.93. The van der Waals surface area contributed by atoms with Gasteiger partial charge in [-0.15, -0.1) is 11.8 Å². The summed E-state index contributed by atoms with van der Waals surface area (Å²) in [4.78, 5) is 11.5. The molecule has 0 radical (unpaired) electrons. The van der Waals surface area contributed by atoms with Crippen LogP contribution in [0.5, 0.6) is 0 Å². The van der Waals surface area contributed by atoms with Gasteiger partial charge in [-0.25, -0.2) is 0 Å². The van der Waals surface area contributed by atoms with Crippen molar-refractivity contribution in [2.75, 3.05) is 5.75 Å². The Morgan fingerprint density at radius 1 is 1.64 bits per heavy atom. The fraction of sp³-hybridized carbons (Fsp3) is 0.625. The van der Waals surface area contributed by atoms with Gasteiger partial charge in [-0.05, 0) is 30.6 Å². The van der Waals surface area contributed by atoms with E-state index in [1.54, 1.807) is 0 Å². The summed E-state index contributed by atoms with van der Waals surface area (Å²) in [6.45, 7) is 0. The molecule has 1 N–H and O–H groups in total. The highest BCUT2D eigenvalue weighted by Crippen LogP contribution is 2.26. The van der Waals surface area contributed by atoms with E-state index in [0.717, 1.165) is 12.8 Å². The highest BCUT2D eigenvalue weighted by atomic mass is 32.2. The third-order valence-corrected chi connectivity index (χ3v) is 2.76. The van der Waals surface area contributed by atoms with Crippen molar-refractivity contribution in [3.8, 4) is 0 Å². The van der Waals surface area contributed by atoms with Crippen molar-refractivity contribution in [2.45, 2.75) is 25.7 Å². The van der Waals surface area contributed by atoms with E-state index in [-0.39, 0.29) is 5.75 Å². The fourth-order valence-electron chi connectivity index (χ4n) is 1.09. The standard InChI is InChI=1S/C8H12O2S/c9-8(10)6-11-7-4-2-1-3-5-7/h4H,1-3,5-6H2,(H,9,10). The second kappa shape index (κ2) is 4.44. The van der Waals surface area contributed by atoms with E-state index in [2.05, 4.69) is 6.08 Å². The summed E-state index contributed by atoms with van der Waals surface area (Å²) in [7, 11) is 0. The predicted octanol–water partition coefficient (Wildman–Crippen LogP) is 2.26. The Morgan fingerprint density at radius 3 is 3.00 bits per heavy atom. The van der Waals surface area contributed by atoms with Crippen LogP contribution in [0.4, 0.5) is 0 Å². The van der Waals surface area contributed by atoms with Gasteiger partial charge in [0.1, 0.15) is 0 Å². The van der Waals surface area contributed by atoms with Gasteiger partial charge in [0, 0.05) is 0 Å². The zero-order valence-electron chi connectivity index (χ0n) is 6.38. The lowest BCUT2D eigenvalue weighted by Crippen LogP contribution is -1.99. The van der Waals surface area contributed by atoms with Crippen molar-refractivity contribution in [3.63, 3.8) is 0 Å². The maximum Gasteiger partial charge on any atom is 0.313 e. The molecule has 0 saturated carbocycles. The molecule has 0 unspecified atom stereocenters. The van der Waals surface area contributed by atoms with Crippen LogP contribution in [-0.2, 0) is 4.79 Å². The largest absolute Gasteiger partial charge is 0.481 e. The summed E-state index contributed by atoms with van der Waals surface area (Å²) < 4.78 is 0. The summed E-state index contributed by atoms with van der Waals surface area (Å²) in [6.07, 6.45) is 6.85. The molecule has 0 aromatic carbocycles. The van der Waals surface area contributed by atoms with Gasteiger partial charge in [0.05, 0.1) is 5.75 Å². The molecule has 0 saturated heterocycles. The molecule has 1 rings (SSSR count). The number of carboxylic acid groups (broad SMARTS) is 1. The number of thioether (sulfide) groups is 1. The number of allylic oxidation sites excluding steroid dienone is 2. The van der Waals surface area contributed by atoms with Crippen molar-refractivity contribution >= 4 is 17.7 Å². The van der Waals surface area contributed by atoms with Crippen LogP contribution in [0.25, 0.3) is 0 Å². The summed E-state index contributed by atoms with van der Waals surface area (Å²) in [5.41, 5.74) is 0. The summed E-state index contributed by atoms with van der Waals surface area (Å²) >= 11 is 1.47. The van der Waals surface area contributed by atoms with Crippen molar-refractivity contribution < 1.29 is 9.90 Å². The van der Waals surface area contributed by atoms with E-state index in [4.69, 9.17) is 5.11 Å². The topological polar surface area (TPSA) is 37.3 Å². The van der Waals surface area contributed by atoms with E-state index >= 15 is 0 Å². The third kappa shape index (κ3) is 3.46. The average molecular weight is 172 g/mol. The molecule has 1 aliphatic carbocycles. The Morgan fingerprint density at radius 2 is 2.45 bits per heavy atom. The first-order chi connectivity index (χ1) is 5.29. The van der Waals surface area contributed by atoms with E-state index in [0.29, 0.717) is 0 Å². The molecule has 0 aromatic heterocycles. The summed E-state index contributed by atoms with van der Waals surface area (Å²) in [5, 5.41) is 8.40. The van der Waals surface area contributed by atoms with Crippen LogP contribution < -0.4 is 0 Å². The van der Waals surface area contributed by atoms with E-state index in [1.807, 2.05) is 0 Å². The van der Waals surface area contributed by atoms with Crippen molar-refractivity contribution in [1.29, 1.82) is 0 Å². The normalized spacial score (nSPS) is 17.6. The van der Waals surface area contributed by atoms with Crippen molar-refractivity contribution in [3.05, 3.63) is 11.0 Å². The first-order valence-electron chi connectivity index (χ1n) is 3.82. The van der Waals surface area contributed by atoms with Crippen LogP contribution in [0.15, 0.2) is 11.0 Å². The minimum atomic E-state index is -0.721. The van der Waals surface area contributed by atoms with Gasteiger partial charge < -0.3 is 5.11 Å². The molecular weight excluding hydrogens is 160 g/mol. The van der Waals surface area contributed by atoms with Gasteiger partial charge in [0.2, 0.25) is 0 Å². The first-order valence-corrected chi connectivity index (χ1v) is 4.81. The Labute approximate surface area is 70.7 Å². The number of rotatable bonds is 3. The molecule has 0 heterocycles. The molecular formula is C8H12O2S. The van der Waals surface area contributed by atoms with Crippen LogP contribution in [-0.4, -0.2) is 16.8 Å². The van der Waals surface area contributed by atoms with Crippen LogP contribution in [0.1, 0.15) is 25.7 Å². The minimum absolute atomic E-state index is 0.214. The van der Waals surface area contributed by atoms with Gasteiger partial charge in [-0.2, -0.15) is 0 Å². The number of carbonyl (C=O) groups is 1. The van der Waals surface area contributed by atoms with Crippen LogP contribution in [0.3, 0.4) is 0 Å². The highest BCUT2D eigenvalue weighted by Gasteiger charge is 2.05. The second-order valence-electron chi connectivity index (χ2n) is 2.60. The molecule has 0 aliphatic heterocycles. The third-order valence-electron chi connectivity index (χ3n) is 1.63. The summed E-state index contributed by atoms with van der Waals surface area (Å²) in [6, 6.07) is 0. The van der Waals surface area contributed by atoms with Gasteiger partial charge >= 0.3 is 5.97 Å². The van der Waals surface area contributed by atoms with Gasteiger partial charge in [0.15, 0.2) is 0 Å². The lowest BCUT2D eigenvalue weighted by Gasteiger charge is -2.09. The second-order valence-corrected chi connectivity index (χ2v) is 3.70. The quantitative estimate of drug-likeness (QED) is 0.709. The molecule has 62 valence electrons. The van der Waals surface area contributed by atoms with Gasteiger partial charge in [-0.3, -0.25) is 4.79 Å². The molecule has 0 bridgehead atoms. The van der Waals surface area contributed by atoms with Crippen molar-refractivity contribution in [1.82, 2.24) is 0 Å². The first kappa shape index (κ1) is 8.65. The molecule has 0 spiro atoms. The van der Waals surface area contributed by atoms with E-state index < -0.39 is 5.97 Å². The minimum Gasteiger partial charge on any atom is -0.481 e. The van der Waals surface area contributed by atoms with Crippen LogP contribution in [0.2, 0.25) is 0 Å². The molecule has 2 nitrogen and oxygen atoms in total. The van der Waals surface area contributed by atoms with Crippen LogP contribution in [0, 0.1) is 0 Å². The molecule has 0 amide bonds. The molecule has 0 atom stereocenters. The molecule has 11 heavy (non-hydrogen) atoms. The number of hydrogen-bond acceptors (Lipinski definition) is 2. The molecule has 0 fully saturated rings. The van der Waals surface area contributed by atoms with Crippen LogP contribution >= 0.6 is 11.8 Å². The Balaban J connectivity index is 2.24. The predicted molar refractivity (Wildman–Crippen MR) is 46.6 cm³/mol.